The van der Waals surface area contributed by atoms with Gasteiger partial charge in [-0.25, -0.2) is 9.78 Å². The van der Waals surface area contributed by atoms with Crippen LogP contribution < -0.4 is 10.6 Å². The van der Waals surface area contributed by atoms with Crippen LogP contribution in [0.15, 0.2) is 36.5 Å². The van der Waals surface area contributed by atoms with E-state index in [0.29, 0.717) is 16.5 Å². The molecule has 0 fully saturated rings. The topological polar surface area (TPSA) is 54.0 Å². The number of hydrogen-bond acceptors (Lipinski definition) is 2. The summed E-state index contributed by atoms with van der Waals surface area (Å²) in [7, 11) is 0. The van der Waals surface area contributed by atoms with Crippen LogP contribution in [0.4, 0.5) is 16.3 Å². The van der Waals surface area contributed by atoms with E-state index in [4.69, 9.17) is 11.6 Å². The van der Waals surface area contributed by atoms with Crippen molar-refractivity contribution < 1.29 is 4.79 Å². The maximum atomic E-state index is 11.9. The molecular formula is C14H14ClN3O. The highest BCUT2D eigenvalue weighted by Gasteiger charge is 2.07. The predicted molar refractivity (Wildman–Crippen MR) is 77.8 cm³/mol. The lowest BCUT2D eigenvalue weighted by molar-refractivity contribution is 0.262. The van der Waals surface area contributed by atoms with Gasteiger partial charge in [0.15, 0.2) is 0 Å². The van der Waals surface area contributed by atoms with Gasteiger partial charge in [0.25, 0.3) is 0 Å². The molecule has 0 aliphatic carbocycles. The minimum Gasteiger partial charge on any atom is -0.307 e. The van der Waals surface area contributed by atoms with Crippen LogP contribution in [0.3, 0.4) is 0 Å². The molecule has 0 bridgehead atoms. The summed E-state index contributed by atoms with van der Waals surface area (Å²) in [6.07, 6.45) is 1.65. The van der Waals surface area contributed by atoms with Gasteiger partial charge in [0.2, 0.25) is 0 Å². The smallest absolute Gasteiger partial charge is 0.307 e. The highest BCUT2D eigenvalue weighted by molar-refractivity contribution is 6.31. The molecule has 1 aromatic heterocycles. The summed E-state index contributed by atoms with van der Waals surface area (Å²) in [6, 6.07) is 8.68. The Hall–Kier alpha value is -2.07. The van der Waals surface area contributed by atoms with Crippen LogP contribution in [-0.4, -0.2) is 11.0 Å². The Morgan fingerprint density at radius 3 is 2.74 bits per heavy atom. The van der Waals surface area contributed by atoms with E-state index < -0.39 is 0 Å². The molecule has 98 valence electrons. The van der Waals surface area contributed by atoms with Gasteiger partial charge < -0.3 is 5.32 Å². The summed E-state index contributed by atoms with van der Waals surface area (Å²) in [5.41, 5.74) is 2.54. The van der Waals surface area contributed by atoms with Gasteiger partial charge in [0.05, 0.1) is 0 Å². The number of halogens is 1. The average Bonchev–Trinajstić information content (AvgIpc) is 2.35. The molecule has 2 aromatic rings. The van der Waals surface area contributed by atoms with Crippen molar-refractivity contribution in [3.8, 4) is 0 Å². The van der Waals surface area contributed by atoms with Crippen molar-refractivity contribution in [2.24, 2.45) is 0 Å². The monoisotopic (exact) mass is 275 g/mol. The quantitative estimate of drug-likeness (QED) is 0.870. The Bertz CT molecular complexity index is 613. The van der Waals surface area contributed by atoms with Crippen molar-refractivity contribution in [2.45, 2.75) is 13.8 Å². The zero-order valence-corrected chi connectivity index (χ0v) is 11.5. The highest BCUT2D eigenvalue weighted by atomic mass is 35.5. The summed E-state index contributed by atoms with van der Waals surface area (Å²) in [5, 5.41) is 6.04. The lowest BCUT2D eigenvalue weighted by Gasteiger charge is -2.10. The van der Waals surface area contributed by atoms with E-state index in [0.717, 1.165) is 11.1 Å². The third-order valence-corrected chi connectivity index (χ3v) is 3.08. The zero-order chi connectivity index (χ0) is 13.8. The van der Waals surface area contributed by atoms with E-state index in [-0.39, 0.29) is 6.03 Å². The SMILES string of the molecule is Cc1ccnc(NC(=O)Nc2cccc(Cl)c2C)c1. The van der Waals surface area contributed by atoms with E-state index in [1.54, 1.807) is 30.5 Å². The second-order valence-corrected chi connectivity index (χ2v) is 4.62. The van der Waals surface area contributed by atoms with Gasteiger partial charge in [0, 0.05) is 16.9 Å². The molecule has 0 aliphatic rings. The van der Waals surface area contributed by atoms with E-state index in [1.807, 2.05) is 19.9 Å². The molecule has 0 saturated carbocycles. The number of carbonyl (C=O) groups is 1. The molecule has 0 radical (unpaired) electrons. The standard InChI is InChI=1S/C14H14ClN3O/c1-9-6-7-16-13(8-9)18-14(19)17-12-5-3-4-11(15)10(12)2/h3-8H,1-2H3,(H2,16,17,18,19). The third kappa shape index (κ3) is 3.45. The fourth-order valence-corrected chi connectivity index (χ4v) is 1.79. The lowest BCUT2D eigenvalue weighted by Crippen LogP contribution is -2.20. The molecule has 2 N–H and O–H groups in total. The van der Waals surface area contributed by atoms with Gasteiger partial charge in [-0.3, -0.25) is 5.32 Å². The zero-order valence-electron chi connectivity index (χ0n) is 10.7. The van der Waals surface area contributed by atoms with Gasteiger partial charge in [0.1, 0.15) is 5.82 Å². The maximum Gasteiger partial charge on any atom is 0.324 e. The summed E-state index contributed by atoms with van der Waals surface area (Å²) in [4.78, 5) is 15.9. The molecule has 1 heterocycles. The van der Waals surface area contributed by atoms with E-state index in [1.165, 1.54) is 0 Å². The Kier molecular flexibility index (Phi) is 4.02. The van der Waals surface area contributed by atoms with Crippen LogP contribution in [0.25, 0.3) is 0 Å². The molecule has 5 heteroatoms. The Morgan fingerprint density at radius 1 is 1.21 bits per heavy atom. The first-order valence-electron chi connectivity index (χ1n) is 5.82. The molecular weight excluding hydrogens is 262 g/mol. The highest BCUT2D eigenvalue weighted by Crippen LogP contribution is 2.22. The number of nitrogens with one attached hydrogen (secondary N) is 2. The molecule has 4 nitrogen and oxygen atoms in total. The molecule has 19 heavy (non-hydrogen) atoms. The number of rotatable bonds is 2. The Labute approximate surface area is 116 Å². The molecule has 2 amide bonds. The fraction of sp³-hybridized carbons (Fsp3) is 0.143. The van der Waals surface area contributed by atoms with E-state index >= 15 is 0 Å². The molecule has 0 aliphatic heterocycles. The normalized spacial score (nSPS) is 10.1. The summed E-state index contributed by atoms with van der Waals surface area (Å²) < 4.78 is 0. The molecule has 0 saturated heterocycles. The number of aromatic nitrogens is 1. The van der Waals surface area contributed by atoms with Crippen molar-refractivity contribution >= 4 is 29.1 Å². The van der Waals surface area contributed by atoms with Gasteiger partial charge >= 0.3 is 6.03 Å². The van der Waals surface area contributed by atoms with Crippen molar-refractivity contribution in [3.63, 3.8) is 0 Å². The average molecular weight is 276 g/mol. The van der Waals surface area contributed by atoms with Crippen LogP contribution >= 0.6 is 11.6 Å². The number of anilines is 2. The number of pyridine rings is 1. The first kappa shape index (κ1) is 13.4. The van der Waals surface area contributed by atoms with Crippen molar-refractivity contribution in [1.29, 1.82) is 0 Å². The van der Waals surface area contributed by atoms with Crippen LogP contribution in [0.5, 0.6) is 0 Å². The van der Waals surface area contributed by atoms with Crippen LogP contribution in [0.2, 0.25) is 5.02 Å². The van der Waals surface area contributed by atoms with Gasteiger partial charge in [-0.1, -0.05) is 17.7 Å². The second kappa shape index (κ2) is 5.71. The fourth-order valence-electron chi connectivity index (χ4n) is 1.62. The molecule has 0 atom stereocenters. The molecule has 0 unspecified atom stereocenters. The minimum atomic E-state index is -0.344. The maximum absolute atomic E-state index is 11.9. The van der Waals surface area contributed by atoms with Crippen LogP contribution in [-0.2, 0) is 0 Å². The number of benzene rings is 1. The minimum absolute atomic E-state index is 0.344. The number of aryl methyl sites for hydroxylation is 1. The van der Waals surface area contributed by atoms with Gasteiger partial charge in [-0.05, 0) is 49.2 Å². The van der Waals surface area contributed by atoms with Crippen molar-refractivity contribution in [3.05, 3.63) is 52.7 Å². The van der Waals surface area contributed by atoms with E-state index in [2.05, 4.69) is 15.6 Å². The Morgan fingerprint density at radius 2 is 2.00 bits per heavy atom. The van der Waals surface area contributed by atoms with Gasteiger partial charge in [-0.2, -0.15) is 0 Å². The first-order valence-corrected chi connectivity index (χ1v) is 6.20. The summed E-state index contributed by atoms with van der Waals surface area (Å²) in [6.45, 7) is 3.79. The van der Waals surface area contributed by atoms with Crippen molar-refractivity contribution in [2.75, 3.05) is 10.6 Å². The lowest BCUT2D eigenvalue weighted by atomic mass is 10.2. The predicted octanol–water partition coefficient (Wildman–Crippen LogP) is 4.00. The van der Waals surface area contributed by atoms with Crippen LogP contribution in [0, 0.1) is 13.8 Å². The van der Waals surface area contributed by atoms with Crippen molar-refractivity contribution in [1.82, 2.24) is 4.98 Å². The number of amides is 2. The largest absolute Gasteiger partial charge is 0.324 e. The van der Waals surface area contributed by atoms with E-state index in [9.17, 15) is 4.79 Å². The second-order valence-electron chi connectivity index (χ2n) is 4.21. The summed E-state index contributed by atoms with van der Waals surface area (Å²) >= 11 is 5.99. The van der Waals surface area contributed by atoms with Crippen LogP contribution in [0.1, 0.15) is 11.1 Å². The molecule has 2 rings (SSSR count). The Balaban J connectivity index is 2.08. The summed E-state index contributed by atoms with van der Waals surface area (Å²) in [5.74, 6) is 0.511. The first-order chi connectivity index (χ1) is 9.06. The number of urea groups is 1. The molecule has 0 spiro atoms. The number of carbonyl (C=O) groups excluding carboxylic acids is 1. The number of hydrogen-bond donors (Lipinski definition) is 2. The molecule has 1 aromatic carbocycles. The number of nitrogens with zero attached hydrogens (tertiary/aromatic N) is 1. The third-order valence-electron chi connectivity index (χ3n) is 2.67. The van der Waals surface area contributed by atoms with Gasteiger partial charge in [-0.15, -0.1) is 0 Å².